The van der Waals surface area contributed by atoms with Crippen LogP contribution < -0.4 is 10.2 Å². The molecule has 1 aliphatic heterocycles. The van der Waals surface area contributed by atoms with Crippen LogP contribution in [-0.4, -0.2) is 18.2 Å². The fraction of sp³-hybridized carbons (Fsp3) is 0.500. The number of nitrogens with zero attached hydrogens (tertiary/aromatic N) is 1. The number of benzene rings is 2. The van der Waals surface area contributed by atoms with E-state index in [2.05, 4.69) is 56.0 Å². The van der Waals surface area contributed by atoms with Gasteiger partial charge in [-0.05, 0) is 56.5 Å². The van der Waals surface area contributed by atoms with E-state index in [0.29, 0.717) is 14.3 Å². The lowest BCUT2D eigenvalue weighted by Crippen LogP contribution is -2.33. The minimum atomic E-state index is 0.0107. The van der Waals surface area contributed by atoms with E-state index < -0.39 is 0 Å². The second-order valence-corrected chi connectivity index (χ2v) is 9.64. The van der Waals surface area contributed by atoms with E-state index in [1.165, 1.54) is 48.9 Å². The Labute approximate surface area is 166 Å². The Morgan fingerprint density at radius 3 is 2.48 bits per heavy atom. The number of hydrogen-bond donors (Lipinski definition) is 1. The molecule has 1 aliphatic rings. The van der Waals surface area contributed by atoms with Crippen molar-refractivity contribution in [1.82, 2.24) is 0 Å². The van der Waals surface area contributed by atoms with E-state index >= 15 is 0 Å². The number of anilines is 1. The molecule has 1 saturated heterocycles. The molecule has 27 heavy (non-hydrogen) atoms. The van der Waals surface area contributed by atoms with Gasteiger partial charge in [0.2, 0.25) is 0 Å². The Morgan fingerprint density at radius 2 is 1.78 bits per heavy atom. The van der Waals surface area contributed by atoms with Gasteiger partial charge in [-0.2, -0.15) is 0 Å². The standard InChI is InChI=1S/C24H34NOP/c1-4-15-24(5-2,20-18-19(3)13-14-22(20)26)27-23-12-8-7-11-21(23)25-16-9-6-10-17-25/h7-8,11-14,18,26-27H,4-6,9-10,15-17H2,1-3H3. The zero-order valence-electron chi connectivity index (χ0n) is 17.1. The fourth-order valence-corrected chi connectivity index (χ4v) is 6.38. The van der Waals surface area contributed by atoms with Crippen molar-refractivity contribution in [3.63, 3.8) is 0 Å². The van der Waals surface area contributed by atoms with Crippen LogP contribution in [0.15, 0.2) is 42.5 Å². The molecule has 1 heterocycles. The van der Waals surface area contributed by atoms with Crippen LogP contribution in [0.2, 0.25) is 0 Å². The molecule has 2 aromatic carbocycles. The van der Waals surface area contributed by atoms with Crippen molar-refractivity contribution in [2.75, 3.05) is 18.0 Å². The summed E-state index contributed by atoms with van der Waals surface area (Å²) in [5.41, 5.74) is 3.78. The summed E-state index contributed by atoms with van der Waals surface area (Å²) in [5.74, 6) is 0.457. The minimum Gasteiger partial charge on any atom is -0.508 e. The van der Waals surface area contributed by atoms with E-state index in [9.17, 15) is 5.11 Å². The largest absolute Gasteiger partial charge is 0.508 e. The maximum absolute atomic E-state index is 10.7. The molecule has 1 fully saturated rings. The third kappa shape index (κ3) is 4.49. The second-order valence-electron chi connectivity index (χ2n) is 7.90. The summed E-state index contributed by atoms with van der Waals surface area (Å²) in [6, 6.07) is 15.1. The Hall–Kier alpha value is -1.53. The van der Waals surface area contributed by atoms with Crippen LogP contribution in [0, 0.1) is 6.92 Å². The molecule has 0 spiro atoms. The van der Waals surface area contributed by atoms with Gasteiger partial charge in [-0.3, -0.25) is 0 Å². The second kappa shape index (κ2) is 9.11. The first-order valence-corrected chi connectivity index (χ1v) is 11.5. The SMILES string of the molecule is CCCC(CC)(Pc1ccccc1N1CCCCC1)c1cc(C)ccc1O. The van der Waals surface area contributed by atoms with Gasteiger partial charge in [-0.1, -0.05) is 64.7 Å². The van der Waals surface area contributed by atoms with E-state index in [1.54, 1.807) is 0 Å². The Balaban J connectivity index is 2.02. The third-order valence-electron chi connectivity index (χ3n) is 5.92. The number of para-hydroxylation sites is 1. The molecule has 0 saturated carbocycles. The van der Waals surface area contributed by atoms with Crippen molar-refractivity contribution < 1.29 is 5.11 Å². The van der Waals surface area contributed by atoms with Crippen molar-refractivity contribution in [3.05, 3.63) is 53.6 Å². The summed E-state index contributed by atoms with van der Waals surface area (Å²) in [6.45, 7) is 9.01. The average Bonchev–Trinajstić information content (AvgIpc) is 2.70. The first kappa shape index (κ1) is 20.2. The monoisotopic (exact) mass is 383 g/mol. The lowest BCUT2D eigenvalue weighted by atomic mass is 9.89. The number of aryl methyl sites for hydroxylation is 1. The lowest BCUT2D eigenvalue weighted by Gasteiger charge is -2.37. The molecule has 2 unspecified atom stereocenters. The van der Waals surface area contributed by atoms with Gasteiger partial charge in [0, 0.05) is 29.5 Å². The normalized spacial score (nSPS) is 17.4. The predicted octanol–water partition coefficient (Wildman–Crippen LogP) is 6.10. The summed E-state index contributed by atoms with van der Waals surface area (Å²) in [4.78, 5) is 2.58. The van der Waals surface area contributed by atoms with E-state index in [-0.39, 0.29) is 5.16 Å². The Kier molecular flexibility index (Phi) is 6.82. The van der Waals surface area contributed by atoms with Gasteiger partial charge in [-0.25, -0.2) is 0 Å². The molecule has 3 heteroatoms. The maximum Gasteiger partial charge on any atom is 0.119 e. The maximum atomic E-state index is 10.7. The minimum absolute atomic E-state index is 0.0107. The Bertz CT molecular complexity index is 754. The van der Waals surface area contributed by atoms with Gasteiger partial charge in [0.25, 0.3) is 0 Å². The first-order chi connectivity index (χ1) is 13.1. The molecule has 3 rings (SSSR count). The molecular weight excluding hydrogens is 349 g/mol. The summed E-state index contributed by atoms with van der Waals surface area (Å²) >= 11 is 0. The molecule has 0 amide bonds. The third-order valence-corrected chi connectivity index (χ3v) is 7.97. The number of piperidine rings is 1. The number of phenols is 1. The van der Waals surface area contributed by atoms with Crippen LogP contribution in [0.1, 0.15) is 63.5 Å². The van der Waals surface area contributed by atoms with Crippen LogP contribution in [0.3, 0.4) is 0 Å². The number of hydrogen-bond acceptors (Lipinski definition) is 2. The number of rotatable bonds is 7. The molecule has 2 aromatic rings. The van der Waals surface area contributed by atoms with Gasteiger partial charge >= 0.3 is 0 Å². The van der Waals surface area contributed by atoms with Crippen LogP contribution in [0.25, 0.3) is 0 Å². The molecule has 2 nitrogen and oxygen atoms in total. The van der Waals surface area contributed by atoms with Crippen LogP contribution in [0.4, 0.5) is 5.69 Å². The summed E-state index contributed by atoms with van der Waals surface area (Å²) in [6.07, 6.45) is 7.22. The van der Waals surface area contributed by atoms with Crippen LogP contribution >= 0.6 is 8.58 Å². The quantitative estimate of drug-likeness (QED) is 0.584. The zero-order chi connectivity index (χ0) is 19.3. The smallest absolute Gasteiger partial charge is 0.119 e. The van der Waals surface area contributed by atoms with Gasteiger partial charge in [-0.15, -0.1) is 0 Å². The van der Waals surface area contributed by atoms with Crippen molar-refractivity contribution >= 4 is 19.6 Å². The Morgan fingerprint density at radius 1 is 1.04 bits per heavy atom. The molecular formula is C24H34NOP. The van der Waals surface area contributed by atoms with Crippen molar-refractivity contribution in [2.45, 2.75) is 64.5 Å². The van der Waals surface area contributed by atoms with Gasteiger partial charge < -0.3 is 10.0 Å². The van der Waals surface area contributed by atoms with Crippen molar-refractivity contribution in [3.8, 4) is 5.75 Å². The highest BCUT2D eigenvalue weighted by molar-refractivity contribution is 7.49. The summed E-state index contributed by atoms with van der Waals surface area (Å²) in [7, 11) is 0.664. The highest BCUT2D eigenvalue weighted by Crippen LogP contribution is 2.51. The van der Waals surface area contributed by atoms with E-state index in [4.69, 9.17) is 0 Å². The highest BCUT2D eigenvalue weighted by atomic mass is 31.1. The number of aromatic hydroxyl groups is 1. The predicted molar refractivity (Wildman–Crippen MR) is 120 cm³/mol. The molecule has 2 atom stereocenters. The van der Waals surface area contributed by atoms with Gasteiger partial charge in [0.05, 0.1) is 0 Å². The van der Waals surface area contributed by atoms with Crippen LogP contribution in [-0.2, 0) is 5.16 Å². The molecule has 0 aromatic heterocycles. The van der Waals surface area contributed by atoms with Crippen LogP contribution in [0.5, 0.6) is 5.75 Å². The first-order valence-electron chi connectivity index (χ1n) is 10.5. The summed E-state index contributed by atoms with van der Waals surface area (Å²) in [5, 5.41) is 12.2. The zero-order valence-corrected chi connectivity index (χ0v) is 18.1. The molecule has 0 radical (unpaired) electrons. The van der Waals surface area contributed by atoms with Crippen molar-refractivity contribution in [1.29, 1.82) is 0 Å². The van der Waals surface area contributed by atoms with E-state index in [0.717, 1.165) is 24.8 Å². The highest BCUT2D eigenvalue weighted by Gasteiger charge is 2.33. The number of phenolic OH excluding ortho intramolecular Hbond substituents is 1. The topological polar surface area (TPSA) is 23.5 Å². The molecule has 146 valence electrons. The molecule has 1 N–H and O–H groups in total. The lowest BCUT2D eigenvalue weighted by molar-refractivity contribution is 0.442. The van der Waals surface area contributed by atoms with Crippen molar-refractivity contribution in [2.24, 2.45) is 0 Å². The molecule has 0 aliphatic carbocycles. The van der Waals surface area contributed by atoms with Gasteiger partial charge in [0.15, 0.2) is 0 Å². The summed E-state index contributed by atoms with van der Waals surface area (Å²) < 4.78 is 0. The van der Waals surface area contributed by atoms with Gasteiger partial charge in [0.1, 0.15) is 5.75 Å². The molecule has 0 bridgehead atoms. The fourth-order valence-electron chi connectivity index (χ4n) is 4.43. The van der Waals surface area contributed by atoms with E-state index in [1.807, 2.05) is 12.1 Å². The average molecular weight is 384 g/mol.